The fraction of sp³-hybridized carbons (Fsp3) is 0.143. The van der Waals surface area contributed by atoms with Gasteiger partial charge in [0, 0.05) is 22.0 Å². The summed E-state index contributed by atoms with van der Waals surface area (Å²) in [4.78, 5) is 16.1. The van der Waals surface area contributed by atoms with Crippen molar-refractivity contribution in [3.05, 3.63) is 52.3 Å². The molecule has 0 atom stereocenters. The monoisotopic (exact) mass is 319 g/mol. The second-order valence-electron chi connectivity index (χ2n) is 4.06. The Morgan fingerprint density at radius 2 is 2.21 bits per heavy atom. The molecule has 0 saturated carbocycles. The second-order valence-corrected chi connectivity index (χ2v) is 4.91. The average molecular weight is 320 g/mol. The van der Waals surface area contributed by atoms with Gasteiger partial charge in [0.2, 0.25) is 0 Å². The van der Waals surface area contributed by atoms with Crippen LogP contribution in [0, 0.1) is 0 Å². The third-order valence-electron chi connectivity index (χ3n) is 2.76. The summed E-state index contributed by atoms with van der Waals surface area (Å²) in [5, 5.41) is 2.78. The number of carbonyl (C=O) groups is 1. The number of amides is 1. The maximum atomic E-state index is 12.1. The Kier molecular flexibility index (Phi) is 4.16. The van der Waals surface area contributed by atoms with Crippen molar-refractivity contribution in [2.45, 2.75) is 13.3 Å². The Balaban J connectivity index is 2.20. The van der Waals surface area contributed by atoms with Gasteiger partial charge < -0.3 is 11.1 Å². The maximum absolute atomic E-state index is 12.1. The standard InChI is InChI=1S/C14H14BrN3O/c1-2-9-5-6-10(8-12(9)16)18-14(19)13-11(15)4-3-7-17-13/h3-8H,2,16H2,1H3,(H,18,19). The lowest BCUT2D eigenvalue weighted by Crippen LogP contribution is -2.14. The SMILES string of the molecule is CCc1ccc(NC(=O)c2ncccc2Br)cc1N. The van der Waals surface area contributed by atoms with Crippen molar-refractivity contribution in [3.63, 3.8) is 0 Å². The molecule has 2 aromatic rings. The van der Waals surface area contributed by atoms with Crippen LogP contribution < -0.4 is 11.1 Å². The van der Waals surface area contributed by atoms with E-state index in [1.807, 2.05) is 19.1 Å². The molecule has 19 heavy (non-hydrogen) atoms. The number of aryl methyl sites for hydroxylation is 1. The van der Waals surface area contributed by atoms with Gasteiger partial charge in [0.15, 0.2) is 0 Å². The Hall–Kier alpha value is -1.88. The zero-order valence-electron chi connectivity index (χ0n) is 10.5. The number of nitrogens with two attached hydrogens (primary N) is 1. The van der Waals surface area contributed by atoms with Gasteiger partial charge in [-0.2, -0.15) is 0 Å². The van der Waals surface area contributed by atoms with E-state index in [1.165, 1.54) is 0 Å². The van der Waals surface area contributed by atoms with Crippen LogP contribution in [0.1, 0.15) is 23.0 Å². The number of anilines is 2. The van der Waals surface area contributed by atoms with Crippen LogP contribution in [-0.4, -0.2) is 10.9 Å². The van der Waals surface area contributed by atoms with E-state index in [0.717, 1.165) is 12.0 Å². The lowest BCUT2D eigenvalue weighted by Gasteiger charge is -2.09. The molecule has 0 saturated heterocycles. The molecule has 1 heterocycles. The van der Waals surface area contributed by atoms with Crippen molar-refractivity contribution in [2.75, 3.05) is 11.1 Å². The lowest BCUT2D eigenvalue weighted by atomic mass is 10.1. The predicted molar refractivity (Wildman–Crippen MR) is 80.1 cm³/mol. The molecule has 2 rings (SSSR count). The summed E-state index contributed by atoms with van der Waals surface area (Å²) in [7, 11) is 0. The number of halogens is 1. The van der Waals surface area contributed by atoms with Crippen LogP contribution in [0.25, 0.3) is 0 Å². The second kappa shape index (κ2) is 5.84. The number of nitrogen functional groups attached to an aromatic ring is 1. The number of benzene rings is 1. The van der Waals surface area contributed by atoms with E-state index in [-0.39, 0.29) is 5.91 Å². The highest BCUT2D eigenvalue weighted by Crippen LogP contribution is 2.20. The van der Waals surface area contributed by atoms with E-state index in [4.69, 9.17) is 5.73 Å². The van der Waals surface area contributed by atoms with Gasteiger partial charge in [0.25, 0.3) is 5.91 Å². The van der Waals surface area contributed by atoms with Gasteiger partial charge in [0.05, 0.1) is 0 Å². The van der Waals surface area contributed by atoms with E-state index in [2.05, 4.69) is 26.2 Å². The maximum Gasteiger partial charge on any atom is 0.275 e. The number of hydrogen-bond donors (Lipinski definition) is 2. The Morgan fingerprint density at radius 3 is 2.84 bits per heavy atom. The number of aromatic nitrogens is 1. The largest absolute Gasteiger partial charge is 0.398 e. The van der Waals surface area contributed by atoms with Gasteiger partial charge in [-0.3, -0.25) is 4.79 Å². The van der Waals surface area contributed by atoms with Gasteiger partial charge in [-0.1, -0.05) is 13.0 Å². The first-order valence-corrected chi connectivity index (χ1v) is 6.71. The van der Waals surface area contributed by atoms with E-state index < -0.39 is 0 Å². The molecule has 3 N–H and O–H groups in total. The molecule has 0 aliphatic heterocycles. The summed E-state index contributed by atoms with van der Waals surface area (Å²) in [5.41, 5.74) is 8.66. The summed E-state index contributed by atoms with van der Waals surface area (Å²) < 4.78 is 0.658. The molecule has 0 radical (unpaired) electrons. The summed E-state index contributed by atoms with van der Waals surface area (Å²) >= 11 is 3.30. The molecule has 1 amide bonds. The normalized spacial score (nSPS) is 10.2. The van der Waals surface area contributed by atoms with Crippen LogP contribution in [0.4, 0.5) is 11.4 Å². The van der Waals surface area contributed by atoms with Crippen molar-refractivity contribution < 1.29 is 4.79 Å². The van der Waals surface area contributed by atoms with Crippen LogP contribution in [-0.2, 0) is 6.42 Å². The third kappa shape index (κ3) is 3.12. The van der Waals surface area contributed by atoms with Crippen molar-refractivity contribution in [2.24, 2.45) is 0 Å². The van der Waals surface area contributed by atoms with E-state index in [9.17, 15) is 4.79 Å². The molecule has 0 spiro atoms. The quantitative estimate of drug-likeness (QED) is 0.853. The Labute approximate surface area is 120 Å². The highest BCUT2D eigenvalue weighted by molar-refractivity contribution is 9.10. The van der Waals surface area contributed by atoms with Crippen LogP contribution in [0.3, 0.4) is 0 Å². The lowest BCUT2D eigenvalue weighted by molar-refractivity contribution is 0.102. The van der Waals surface area contributed by atoms with Crippen molar-refractivity contribution in [1.29, 1.82) is 0 Å². The average Bonchev–Trinajstić information content (AvgIpc) is 2.39. The first-order valence-electron chi connectivity index (χ1n) is 5.92. The predicted octanol–water partition coefficient (Wildman–Crippen LogP) is 3.24. The molecule has 0 bridgehead atoms. The van der Waals surface area contributed by atoms with Gasteiger partial charge in [-0.05, 0) is 52.2 Å². The number of carbonyl (C=O) groups excluding carboxylic acids is 1. The minimum absolute atomic E-state index is 0.267. The summed E-state index contributed by atoms with van der Waals surface area (Å²) in [6, 6.07) is 9.04. The van der Waals surface area contributed by atoms with Crippen LogP contribution in [0.15, 0.2) is 41.0 Å². The highest BCUT2D eigenvalue weighted by Gasteiger charge is 2.11. The molecule has 0 unspecified atom stereocenters. The van der Waals surface area contributed by atoms with Crippen molar-refractivity contribution >= 4 is 33.2 Å². The van der Waals surface area contributed by atoms with Crippen molar-refractivity contribution in [3.8, 4) is 0 Å². The molecular weight excluding hydrogens is 306 g/mol. The summed E-state index contributed by atoms with van der Waals surface area (Å²) in [6.07, 6.45) is 2.44. The molecule has 98 valence electrons. The van der Waals surface area contributed by atoms with E-state index in [0.29, 0.717) is 21.5 Å². The van der Waals surface area contributed by atoms with Gasteiger partial charge in [-0.15, -0.1) is 0 Å². The Bertz CT molecular complexity index is 613. The molecule has 0 aliphatic rings. The van der Waals surface area contributed by atoms with Crippen LogP contribution in [0.2, 0.25) is 0 Å². The number of nitrogens with zero attached hydrogens (tertiary/aromatic N) is 1. The molecule has 0 fully saturated rings. The number of pyridine rings is 1. The molecule has 0 aliphatic carbocycles. The van der Waals surface area contributed by atoms with E-state index in [1.54, 1.807) is 24.4 Å². The number of rotatable bonds is 3. The van der Waals surface area contributed by atoms with Gasteiger partial charge in [0.1, 0.15) is 5.69 Å². The highest BCUT2D eigenvalue weighted by atomic mass is 79.9. The fourth-order valence-electron chi connectivity index (χ4n) is 1.74. The topological polar surface area (TPSA) is 68.0 Å². The molecular formula is C14H14BrN3O. The third-order valence-corrected chi connectivity index (χ3v) is 3.40. The summed E-state index contributed by atoms with van der Waals surface area (Å²) in [5.74, 6) is -0.267. The van der Waals surface area contributed by atoms with Crippen LogP contribution in [0.5, 0.6) is 0 Å². The molecule has 4 nitrogen and oxygen atoms in total. The Morgan fingerprint density at radius 1 is 1.42 bits per heavy atom. The minimum Gasteiger partial charge on any atom is -0.398 e. The first-order chi connectivity index (χ1) is 9.11. The zero-order chi connectivity index (χ0) is 13.8. The van der Waals surface area contributed by atoms with Crippen molar-refractivity contribution in [1.82, 2.24) is 4.98 Å². The first kappa shape index (κ1) is 13.5. The summed E-state index contributed by atoms with van der Waals surface area (Å²) in [6.45, 7) is 2.04. The van der Waals surface area contributed by atoms with Crippen LogP contribution >= 0.6 is 15.9 Å². The number of nitrogens with one attached hydrogen (secondary N) is 1. The van der Waals surface area contributed by atoms with Gasteiger partial charge >= 0.3 is 0 Å². The van der Waals surface area contributed by atoms with E-state index >= 15 is 0 Å². The fourth-order valence-corrected chi connectivity index (χ4v) is 2.17. The number of hydrogen-bond acceptors (Lipinski definition) is 3. The smallest absolute Gasteiger partial charge is 0.275 e. The van der Waals surface area contributed by atoms with Gasteiger partial charge in [-0.25, -0.2) is 4.98 Å². The zero-order valence-corrected chi connectivity index (χ0v) is 12.1. The molecule has 1 aromatic carbocycles. The minimum atomic E-state index is -0.267. The molecule has 5 heteroatoms. The molecule has 1 aromatic heterocycles.